The summed E-state index contributed by atoms with van der Waals surface area (Å²) in [5.41, 5.74) is 5.53. The molecule has 0 aliphatic carbocycles. The summed E-state index contributed by atoms with van der Waals surface area (Å²) in [4.78, 5) is 15.8. The first-order valence-electron chi connectivity index (χ1n) is 8.00. The molecule has 1 amide bonds. The van der Waals surface area contributed by atoms with Gasteiger partial charge in [-0.05, 0) is 52.8 Å². The summed E-state index contributed by atoms with van der Waals surface area (Å²) in [6.45, 7) is 8.13. The first-order chi connectivity index (χ1) is 11.4. The SMILES string of the molecule is CC(C)c1cc(/C=N\NC(=O)c2cccnc2)cc(C(C)C)c1O. The normalized spacial score (nSPS) is 11.4. The van der Waals surface area contributed by atoms with E-state index in [0.717, 1.165) is 16.7 Å². The second-order valence-corrected chi connectivity index (χ2v) is 6.30. The van der Waals surface area contributed by atoms with Gasteiger partial charge in [-0.15, -0.1) is 0 Å². The molecule has 24 heavy (non-hydrogen) atoms. The minimum atomic E-state index is -0.314. The highest BCUT2D eigenvalue weighted by Crippen LogP contribution is 2.34. The molecule has 0 radical (unpaired) electrons. The van der Waals surface area contributed by atoms with Crippen molar-refractivity contribution in [3.63, 3.8) is 0 Å². The molecular formula is C19H23N3O2. The lowest BCUT2D eigenvalue weighted by Gasteiger charge is -2.16. The molecule has 5 nitrogen and oxygen atoms in total. The van der Waals surface area contributed by atoms with Gasteiger partial charge >= 0.3 is 0 Å². The molecule has 0 saturated carbocycles. The van der Waals surface area contributed by atoms with Gasteiger partial charge in [0.25, 0.3) is 5.91 Å². The summed E-state index contributed by atoms with van der Waals surface area (Å²) < 4.78 is 0. The average molecular weight is 325 g/mol. The van der Waals surface area contributed by atoms with E-state index in [9.17, 15) is 9.90 Å². The van der Waals surface area contributed by atoms with E-state index in [4.69, 9.17) is 0 Å². The van der Waals surface area contributed by atoms with Crippen LogP contribution in [0.4, 0.5) is 0 Å². The van der Waals surface area contributed by atoms with Crippen LogP contribution in [0.5, 0.6) is 5.75 Å². The average Bonchev–Trinajstić information content (AvgIpc) is 2.56. The summed E-state index contributed by atoms with van der Waals surface area (Å²) in [7, 11) is 0. The van der Waals surface area contributed by atoms with Crippen molar-refractivity contribution in [2.75, 3.05) is 0 Å². The van der Waals surface area contributed by atoms with Crippen molar-refractivity contribution >= 4 is 12.1 Å². The summed E-state index contributed by atoms with van der Waals surface area (Å²) in [5.74, 6) is 0.421. The highest BCUT2D eigenvalue weighted by molar-refractivity contribution is 5.94. The lowest BCUT2D eigenvalue weighted by atomic mass is 9.92. The van der Waals surface area contributed by atoms with E-state index in [1.807, 2.05) is 39.8 Å². The fourth-order valence-electron chi connectivity index (χ4n) is 2.39. The molecule has 2 aromatic rings. The first-order valence-corrected chi connectivity index (χ1v) is 8.00. The van der Waals surface area contributed by atoms with Gasteiger partial charge in [-0.25, -0.2) is 5.43 Å². The summed E-state index contributed by atoms with van der Waals surface area (Å²) in [6.07, 6.45) is 4.68. The molecule has 0 atom stereocenters. The molecule has 0 fully saturated rings. The topological polar surface area (TPSA) is 74.6 Å². The minimum Gasteiger partial charge on any atom is -0.507 e. The number of rotatable bonds is 5. The van der Waals surface area contributed by atoms with E-state index in [1.165, 1.54) is 6.20 Å². The number of phenolic OH excluding ortho intramolecular Hbond substituents is 1. The lowest BCUT2D eigenvalue weighted by molar-refractivity contribution is 0.0955. The van der Waals surface area contributed by atoms with E-state index in [1.54, 1.807) is 24.5 Å². The van der Waals surface area contributed by atoms with Gasteiger partial charge in [-0.2, -0.15) is 5.10 Å². The zero-order chi connectivity index (χ0) is 17.7. The molecule has 2 N–H and O–H groups in total. The van der Waals surface area contributed by atoms with Crippen LogP contribution < -0.4 is 5.43 Å². The monoisotopic (exact) mass is 325 g/mol. The molecule has 0 bridgehead atoms. The number of aromatic nitrogens is 1. The van der Waals surface area contributed by atoms with Crippen LogP contribution in [0.1, 0.15) is 66.6 Å². The smallest absolute Gasteiger partial charge is 0.272 e. The van der Waals surface area contributed by atoms with Gasteiger partial charge in [0.1, 0.15) is 5.75 Å². The Balaban J connectivity index is 2.21. The molecule has 1 heterocycles. The van der Waals surface area contributed by atoms with Gasteiger partial charge in [0, 0.05) is 12.4 Å². The Hall–Kier alpha value is -2.69. The van der Waals surface area contributed by atoms with Crippen molar-refractivity contribution in [1.82, 2.24) is 10.4 Å². The summed E-state index contributed by atoms with van der Waals surface area (Å²) >= 11 is 0. The number of phenols is 1. The second kappa shape index (κ2) is 7.73. The Labute approximate surface area is 142 Å². The van der Waals surface area contributed by atoms with Crippen molar-refractivity contribution in [2.45, 2.75) is 39.5 Å². The number of nitrogens with zero attached hydrogens (tertiary/aromatic N) is 2. The Morgan fingerprint density at radius 1 is 1.21 bits per heavy atom. The predicted molar refractivity (Wildman–Crippen MR) is 95.6 cm³/mol. The first kappa shape index (κ1) is 17.7. The second-order valence-electron chi connectivity index (χ2n) is 6.30. The maximum Gasteiger partial charge on any atom is 0.272 e. The Morgan fingerprint density at radius 2 is 1.83 bits per heavy atom. The number of aromatic hydroxyl groups is 1. The molecule has 1 aromatic carbocycles. The van der Waals surface area contributed by atoms with Crippen LogP contribution in [0.25, 0.3) is 0 Å². The van der Waals surface area contributed by atoms with Crippen LogP contribution in [-0.2, 0) is 0 Å². The Kier molecular flexibility index (Phi) is 5.68. The molecule has 2 rings (SSSR count). The quantitative estimate of drug-likeness (QED) is 0.648. The van der Waals surface area contributed by atoms with Crippen LogP contribution in [0.2, 0.25) is 0 Å². The number of benzene rings is 1. The fraction of sp³-hybridized carbons (Fsp3) is 0.316. The highest BCUT2D eigenvalue weighted by atomic mass is 16.3. The standard InChI is InChI=1S/C19H23N3O2/c1-12(2)16-8-14(9-17(13(3)4)18(16)23)10-21-22-19(24)15-6-5-7-20-11-15/h5-13,23H,1-4H3,(H,22,24)/b21-10-. The fourth-order valence-corrected chi connectivity index (χ4v) is 2.39. The van der Waals surface area contributed by atoms with Gasteiger partial charge in [0.15, 0.2) is 0 Å². The van der Waals surface area contributed by atoms with Gasteiger partial charge in [-0.1, -0.05) is 27.7 Å². The molecule has 0 unspecified atom stereocenters. The lowest BCUT2D eigenvalue weighted by Crippen LogP contribution is -2.17. The largest absolute Gasteiger partial charge is 0.507 e. The molecule has 0 saturated heterocycles. The van der Waals surface area contributed by atoms with Crippen molar-refractivity contribution < 1.29 is 9.90 Å². The number of nitrogens with one attached hydrogen (secondary N) is 1. The van der Waals surface area contributed by atoms with Crippen molar-refractivity contribution in [1.29, 1.82) is 0 Å². The third kappa shape index (κ3) is 4.19. The number of hydrogen-bond donors (Lipinski definition) is 2. The molecule has 5 heteroatoms. The van der Waals surface area contributed by atoms with E-state index in [2.05, 4.69) is 15.5 Å². The van der Waals surface area contributed by atoms with Crippen LogP contribution in [0.3, 0.4) is 0 Å². The van der Waals surface area contributed by atoms with E-state index in [-0.39, 0.29) is 17.7 Å². The highest BCUT2D eigenvalue weighted by Gasteiger charge is 2.14. The number of carbonyl (C=O) groups is 1. The molecule has 126 valence electrons. The van der Waals surface area contributed by atoms with Crippen LogP contribution >= 0.6 is 0 Å². The van der Waals surface area contributed by atoms with Crippen molar-refractivity contribution in [3.8, 4) is 5.75 Å². The molecule has 1 aromatic heterocycles. The zero-order valence-electron chi connectivity index (χ0n) is 14.4. The molecule has 0 spiro atoms. The summed E-state index contributed by atoms with van der Waals surface area (Å²) in [6, 6.07) is 7.16. The van der Waals surface area contributed by atoms with Crippen LogP contribution in [0.15, 0.2) is 41.8 Å². The molecular weight excluding hydrogens is 302 g/mol. The van der Waals surface area contributed by atoms with Gasteiger partial charge in [0.05, 0.1) is 11.8 Å². The zero-order valence-corrected chi connectivity index (χ0v) is 14.4. The number of carbonyl (C=O) groups excluding carboxylic acids is 1. The van der Waals surface area contributed by atoms with Gasteiger partial charge in [-0.3, -0.25) is 9.78 Å². The van der Waals surface area contributed by atoms with Crippen molar-refractivity contribution in [3.05, 3.63) is 58.9 Å². The van der Waals surface area contributed by atoms with E-state index >= 15 is 0 Å². The van der Waals surface area contributed by atoms with E-state index < -0.39 is 0 Å². The third-order valence-electron chi connectivity index (χ3n) is 3.74. The molecule has 0 aliphatic rings. The van der Waals surface area contributed by atoms with Crippen molar-refractivity contribution in [2.24, 2.45) is 5.10 Å². The third-order valence-corrected chi connectivity index (χ3v) is 3.74. The minimum absolute atomic E-state index is 0.195. The number of hydrogen-bond acceptors (Lipinski definition) is 4. The number of amides is 1. The number of pyridine rings is 1. The number of hydrazone groups is 1. The van der Waals surface area contributed by atoms with Gasteiger partial charge < -0.3 is 5.11 Å². The maximum atomic E-state index is 11.9. The van der Waals surface area contributed by atoms with Gasteiger partial charge in [0.2, 0.25) is 0 Å². The maximum absolute atomic E-state index is 11.9. The Morgan fingerprint density at radius 3 is 2.33 bits per heavy atom. The van der Waals surface area contributed by atoms with Crippen LogP contribution in [-0.4, -0.2) is 22.2 Å². The van der Waals surface area contributed by atoms with E-state index in [0.29, 0.717) is 11.3 Å². The Bertz CT molecular complexity index is 709. The van der Waals surface area contributed by atoms with Crippen LogP contribution in [0, 0.1) is 0 Å². The summed E-state index contributed by atoms with van der Waals surface area (Å²) in [5, 5.41) is 14.4. The molecule has 0 aliphatic heterocycles. The predicted octanol–water partition coefficient (Wildman–Crippen LogP) is 3.80.